The fourth-order valence-electron chi connectivity index (χ4n) is 3.03. The van der Waals surface area contributed by atoms with Gasteiger partial charge in [-0.05, 0) is 57.9 Å². The second-order valence-corrected chi connectivity index (χ2v) is 9.42. The lowest BCUT2D eigenvalue weighted by molar-refractivity contribution is -0.192. The number of hydrogen-bond acceptors (Lipinski definition) is 5. The van der Waals surface area contributed by atoms with Crippen LogP contribution in [0.5, 0.6) is 0 Å². The number of benzene rings is 2. The molecule has 0 aliphatic carbocycles. The number of carboxylic acid groups (broad SMARTS) is 1. The Hall–Kier alpha value is -3.52. The average molecular weight is 606 g/mol. The molecule has 0 radical (unpaired) electrons. The van der Waals surface area contributed by atoms with Gasteiger partial charge in [-0.25, -0.2) is 9.78 Å². The molecule has 0 saturated carbocycles. The summed E-state index contributed by atoms with van der Waals surface area (Å²) in [6.45, 7) is 0. The summed E-state index contributed by atoms with van der Waals surface area (Å²) in [6, 6.07) is 12.7. The largest absolute Gasteiger partial charge is 0.490 e. The van der Waals surface area contributed by atoms with Gasteiger partial charge < -0.3 is 10.4 Å². The minimum absolute atomic E-state index is 0.370. The van der Waals surface area contributed by atoms with Crippen molar-refractivity contribution in [3.63, 3.8) is 0 Å². The predicted molar refractivity (Wildman–Crippen MR) is 126 cm³/mol. The molecule has 1 atom stereocenters. The maximum atomic E-state index is 13.0. The van der Waals surface area contributed by atoms with Crippen LogP contribution in [0, 0.1) is 0 Å². The van der Waals surface area contributed by atoms with E-state index in [1.165, 1.54) is 23.5 Å². The first kappa shape index (κ1) is 28.1. The molecule has 0 aliphatic rings. The van der Waals surface area contributed by atoms with Gasteiger partial charge in [-0.3, -0.25) is 9.78 Å². The number of amides is 1. The van der Waals surface area contributed by atoms with Crippen molar-refractivity contribution in [1.29, 1.82) is 0 Å². The van der Waals surface area contributed by atoms with E-state index in [0.717, 1.165) is 23.0 Å². The molecule has 2 N–H and O–H groups in total. The predicted octanol–water partition coefficient (Wildman–Crippen LogP) is 6.63. The number of carbonyl (C=O) groups is 2. The summed E-state index contributed by atoms with van der Waals surface area (Å²) in [5.41, 5.74) is 3.04. The van der Waals surface area contributed by atoms with Crippen molar-refractivity contribution in [3.05, 3.63) is 92.5 Å². The van der Waals surface area contributed by atoms with Gasteiger partial charge in [0, 0.05) is 17.1 Å². The number of fused-ring (bicyclic) bond motifs is 1. The van der Waals surface area contributed by atoms with Crippen molar-refractivity contribution in [2.75, 3.05) is 0 Å². The molecule has 4 aromatic rings. The number of nitrogens with one attached hydrogen (secondary N) is 1. The molecule has 0 unspecified atom stereocenters. The normalized spacial score (nSPS) is 12.4. The Morgan fingerprint density at radius 3 is 2.16 bits per heavy atom. The Kier molecular flexibility index (Phi) is 8.53. The van der Waals surface area contributed by atoms with Crippen molar-refractivity contribution in [1.82, 2.24) is 15.3 Å². The van der Waals surface area contributed by atoms with Crippen molar-refractivity contribution in [2.45, 2.75) is 18.4 Å². The van der Waals surface area contributed by atoms with Crippen LogP contribution >= 0.6 is 27.3 Å². The fraction of sp³-hybridized carbons (Fsp3) is 0.130. The summed E-state index contributed by atoms with van der Waals surface area (Å²) in [5, 5.41) is 10.8. The van der Waals surface area contributed by atoms with E-state index in [4.69, 9.17) is 9.90 Å². The van der Waals surface area contributed by atoms with Gasteiger partial charge in [0.15, 0.2) is 0 Å². The summed E-state index contributed by atoms with van der Waals surface area (Å²) >= 11 is 4.73. The number of hydrogen-bond donors (Lipinski definition) is 2. The highest BCUT2D eigenvalue weighted by atomic mass is 79.9. The minimum Gasteiger partial charge on any atom is -0.475 e. The Bertz CT molecular complexity index is 1410. The Morgan fingerprint density at radius 2 is 1.62 bits per heavy atom. The van der Waals surface area contributed by atoms with E-state index in [-0.39, 0.29) is 5.91 Å². The minimum atomic E-state index is -5.08. The molecule has 4 rings (SSSR count). The topological polar surface area (TPSA) is 92.2 Å². The van der Waals surface area contributed by atoms with Crippen LogP contribution in [0.1, 0.15) is 33.2 Å². The third-order valence-electron chi connectivity index (χ3n) is 4.78. The first-order valence-electron chi connectivity index (χ1n) is 9.99. The lowest BCUT2D eigenvalue weighted by Crippen LogP contribution is -2.29. The molecule has 0 bridgehead atoms. The number of pyridine rings is 1. The Morgan fingerprint density at radius 1 is 0.973 bits per heavy atom. The van der Waals surface area contributed by atoms with Gasteiger partial charge in [-0.15, -0.1) is 11.3 Å². The number of alkyl halides is 6. The summed E-state index contributed by atoms with van der Waals surface area (Å²) in [7, 11) is 0. The van der Waals surface area contributed by atoms with Crippen LogP contribution in [0.15, 0.2) is 70.1 Å². The maximum Gasteiger partial charge on any atom is 0.490 e. The van der Waals surface area contributed by atoms with Crippen LogP contribution in [0.25, 0.3) is 10.9 Å². The van der Waals surface area contributed by atoms with E-state index < -0.39 is 29.9 Å². The van der Waals surface area contributed by atoms with E-state index in [1.807, 2.05) is 6.07 Å². The molecule has 1 amide bonds. The molecule has 0 fully saturated rings. The van der Waals surface area contributed by atoms with Crippen LogP contribution < -0.4 is 5.32 Å². The number of aromatic nitrogens is 2. The Labute approximate surface area is 217 Å². The van der Waals surface area contributed by atoms with Crippen LogP contribution in [-0.2, 0) is 11.0 Å². The zero-order chi connectivity index (χ0) is 27.4. The van der Waals surface area contributed by atoms with Crippen molar-refractivity contribution < 1.29 is 41.0 Å². The third kappa shape index (κ3) is 7.26. The first-order valence-corrected chi connectivity index (χ1v) is 11.7. The number of carbonyl (C=O) groups excluding carboxylic acids is 1. The van der Waals surface area contributed by atoms with Gasteiger partial charge in [0.25, 0.3) is 5.91 Å². The van der Waals surface area contributed by atoms with Gasteiger partial charge in [0.1, 0.15) is 0 Å². The molecule has 6 nitrogen and oxygen atoms in total. The van der Waals surface area contributed by atoms with Gasteiger partial charge in [0.2, 0.25) is 0 Å². The molecular weight excluding hydrogens is 592 g/mol. The van der Waals surface area contributed by atoms with Crippen molar-refractivity contribution >= 4 is 50.0 Å². The van der Waals surface area contributed by atoms with E-state index in [0.29, 0.717) is 20.6 Å². The molecule has 14 heteroatoms. The standard InChI is InChI=1S/C21H13BrF3N3OS.C2HF3O2/c22-19-18(27-11-30-19)17(12-3-6-15(7-4-12)21(23,24)25)28-20(29)14-5-8-16-13(10-14)2-1-9-26-16;3-2(4,5)1(6)7/h1-11,17H,(H,28,29);(H,6,7)/t17-;/m0./s1. The van der Waals surface area contributed by atoms with Gasteiger partial charge in [0.05, 0.1) is 32.1 Å². The van der Waals surface area contributed by atoms with E-state index in [1.54, 1.807) is 36.0 Å². The molecule has 2 aromatic heterocycles. The summed E-state index contributed by atoms with van der Waals surface area (Å²) in [6.07, 6.45) is -7.85. The molecule has 37 heavy (non-hydrogen) atoms. The number of rotatable bonds is 4. The lowest BCUT2D eigenvalue weighted by atomic mass is 10.0. The second kappa shape index (κ2) is 11.3. The van der Waals surface area contributed by atoms with E-state index in [2.05, 4.69) is 31.2 Å². The quantitative estimate of drug-likeness (QED) is 0.255. The molecule has 0 saturated heterocycles. The highest BCUT2D eigenvalue weighted by Gasteiger charge is 2.38. The third-order valence-corrected chi connectivity index (χ3v) is 6.37. The molecule has 2 heterocycles. The van der Waals surface area contributed by atoms with Crippen LogP contribution in [0.4, 0.5) is 26.3 Å². The molecule has 0 spiro atoms. The monoisotopic (exact) mass is 605 g/mol. The average Bonchev–Trinajstić information content (AvgIpc) is 3.27. The number of aliphatic carboxylic acids is 1. The van der Waals surface area contributed by atoms with Crippen molar-refractivity contribution in [2.24, 2.45) is 0 Å². The highest BCUT2D eigenvalue weighted by Crippen LogP contribution is 2.34. The smallest absolute Gasteiger partial charge is 0.475 e. The molecule has 194 valence electrons. The SMILES string of the molecule is O=C(N[C@@H](c1ccc(C(F)(F)F)cc1)c1ncsc1Br)c1ccc2ncccc2c1.O=C(O)C(F)(F)F. The summed E-state index contributed by atoms with van der Waals surface area (Å²) in [4.78, 5) is 30.4. The first-order chi connectivity index (χ1) is 17.3. The summed E-state index contributed by atoms with van der Waals surface area (Å²) in [5.74, 6) is -3.13. The molecule has 0 aliphatic heterocycles. The zero-order valence-corrected chi connectivity index (χ0v) is 20.5. The fourth-order valence-corrected chi connectivity index (χ4v) is 4.17. The van der Waals surface area contributed by atoms with Gasteiger partial charge in [-0.2, -0.15) is 26.3 Å². The lowest BCUT2D eigenvalue weighted by Gasteiger charge is -2.19. The van der Waals surface area contributed by atoms with Crippen LogP contribution in [-0.4, -0.2) is 33.1 Å². The maximum absolute atomic E-state index is 13.0. The highest BCUT2D eigenvalue weighted by molar-refractivity contribution is 9.11. The van der Waals surface area contributed by atoms with Gasteiger partial charge in [-0.1, -0.05) is 18.2 Å². The second-order valence-electron chi connectivity index (χ2n) is 7.25. The van der Waals surface area contributed by atoms with E-state index in [9.17, 15) is 31.1 Å². The van der Waals surface area contributed by atoms with Gasteiger partial charge >= 0.3 is 18.3 Å². The Balaban J connectivity index is 0.000000479. The number of thiazole rings is 1. The molecule has 2 aromatic carbocycles. The zero-order valence-electron chi connectivity index (χ0n) is 18.1. The number of nitrogens with zero attached hydrogens (tertiary/aromatic N) is 2. The van der Waals surface area contributed by atoms with Crippen LogP contribution in [0.3, 0.4) is 0 Å². The summed E-state index contributed by atoms with van der Waals surface area (Å²) < 4.78 is 71.2. The molecular formula is C23H14BrF6N3O3S. The number of halogens is 7. The number of carboxylic acids is 1. The van der Waals surface area contributed by atoms with Crippen molar-refractivity contribution in [3.8, 4) is 0 Å². The van der Waals surface area contributed by atoms with Crippen LogP contribution in [0.2, 0.25) is 0 Å². The van der Waals surface area contributed by atoms with E-state index >= 15 is 0 Å².